The van der Waals surface area contributed by atoms with Crippen molar-refractivity contribution < 1.29 is 14.3 Å². The molecule has 0 radical (unpaired) electrons. The van der Waals surface area contributed by atoms with Crippen molar-refractivity contribution in [1.29, 1.82) is 0 Å². The van der Waals surface area contributed by atoms with Crippen LogP contribution in [0.15, 0.2) is 45.3 Å². The first-order valence-corrected chi connectivity index (χ1v) is 5.13. The number of rotatable bonds is 2. The van der Waals surface area contributed by atoms with Gasteiger partial charge in [0, 0.05) is 17.5 Å². The Balaban J connectivity index is 2.53. The molecule has 0 spiro atoms. The third kappa shape index (κ3) is 2.47. The van der Waals surface area contributed by atoms with Crippen LogP contribution < -0.4 is 10.4 Å². The molecule has 4 nitrogen and oxygen atoms in total. The van der Waals surface area contributed by atoms with E-state index in [9.17, 15) is 9.90 Å². The van der Waals surface area contributed by atoms with Crippen molar-refractivity contribution in [2.24, 2.45) is 0 Å². The van der Waals surface area contributed by atoms with E-state index in [1.807, 2.05) is 13.8 Å². The van der Waals surface area contributed by atoms with Crippen molar-refractivity contribution >= 4 is 11.0 Å². The Morgan fingerprint density at radius 2 is 2.12 bits per heavy atom. The lowest BCUT2D eigenvalue weighted by Gasteiger charge is -2.05. The van der Waals surface area contributed by atoms with Crippen LogP contribution in [0.1, 0.15) is 13.8 Å². The minimum Gasteiger partial charge on any atom is -0.504 e. The summed E-state index contributed by atoms with van der Waals surface area (Å²) >= 11 is 0. The Hall–Kier alpha value is -2.23. The van der Waals surface area contributed by atoms with Crippen LogP contribution in [-0.2, 0) is 0 Å². The normalized spacial score (nSPS) is 10.2. The maximum absolute atomic E-state index is 11.1. The number of allylic oxidation sites excluding steroid dienone is 1. The molecule has 0 aliphatic carbocycles. The van der Waals surface area contributed by atoms with Gasteiger partial charge < -0.3 is 14.3 Å². The van der Waals surface area contributed by atoms with Crippen LogP contribution in [0.2, 0.25) is 0 Å². The maximum Gasteiger partial charge on any atom is 0.336 e. The quantitative estimate of drug-likeness (QED) is 0.639. The maximum atomic E-state index is 11.1. The minimum atomic E-state index is -0.434. The van der Waals surface area contributed by atoms with Crippen molar-refractivity contribution in [3.8, 4) is 11.5 Å². The molecule has 17 heavy (non-hydrogen) atoms. The monoisotopic (exact) mass is 232 g/mol. The molecule has 1 aromatic heterocycles. The highest BCUT2D eigenvalue weighted by Crippen LogP contribution is 2.31. The number of benzene rings is 1. The summed E-state index contributed by atoms with van der Waals surface area (Å²) in [6.45, 7) is 3.75. The van der Waals surface area contributed by atoms with Gasteiger partial charge in [-0.15, -0.1) is 0 Å². The van der Waals surface area contributed by atoms with Gasteiger partial charge in [0.15, 0.2) is 11.5 Å². The first-order chi connectivity index (χ1) is 8.06. The first kappa shape index (κ1) is 11.3. The van der Waals surface area contributed by atoms with E-state index in [1.165, 1.54) is 24.5 Å². The average Bonchev–Trinajstić information content (AvgIpc) is 2.26. The topological polar surface area (TPSA) is 59.7 Å². The number of fused-ring (bicyclic) bond motifs is 1. The Kier molecular flexibility index (Phi) is 2.87. The van der Waals surface area contributed by atoms with Crippen molar-refractivity contribution in [2.45, 2.75) is 13.8 Å². The Labute approximate surface area is 97.8 Å². The molecule has 0 aliphatic heterocycles. The molecular weight excluding hydrogens is 220 g/mol. The number of phenolic OH excluding ortho intramolecular Hbond substituents is 1. The van der Waals surface area contributed by atoms with Crippen LogP contribution in [-0.4, -0.2) is 5.11 Å². The van der Waals surface area contributed by atoms with Gasteiger partial charge in [-0.05, 0) is 31.6 Å². The predicted molar refractivity (Wildman–Crippen MR) is 64.2 cm³/mol. The highest BCUT2D eigenvalue weighted by molar-refractivity contribution is 5.80. The van der Waals surface area contributed by atoms with E-state index in [1.54, 1.807) is 6.07 Å². The van der Waals surface area contributed by atoms with E-state index >= 15 is 0 Å². The molecule has 1 heterocycles. The van der Waals surface area contributed by atoms with E-state index in [-0.39, 0.29) is 11.5 Å². The SMILES string of the molecule is CC(C)=COc1cc2oc(=O)ccc2cc1O. The Bertz CT molecular complexity index is 633. The lowest BCUT2D eigenvalue weighted by atomic mass is 10.2. The van der Waals surface area contributed by atoms with E-state index in [4.69, 9.17) is 9.15 Å². The van der Waals surface area contributed by atoms with Crippen molar-refractivity contribution in [2.75, 3.05) is 0 Å². The second-order valence-corrected chi connectivity index (χ2v) is 3.93. The second kappa shape index (κ2) is 4.33. The standard InChI is InChI=1S/C13H12O4/c1-8(2)7-16-12-6-11-9(5-10(12)14)3-4-13(15)17-11/h3-7,14H,1-2H3. The fourth-order valence-electron chi connectivity index (χ4n) is 1.36. The zero-order chi connectivity index (χ0) is 12.4. The predicted octanol–water partition coefficient (Wildman–Crippen LogP) is 2.80. The molecule has 4 heteroatoms. The third-order valence-corrected chi connectivity index (χ3v) is 2.12. The van der Waals surface area contributed by atoms with Gasteiger partial charge in [-0.25, -0.2) is 4.79 Å². The Morgan fingerprint density at radius 1 is 1.35 bits per heavy atom. The number of hydrogen-bond donors (Lipinski definition) is 1. The summed E-state index contributed by atoms with van der Waals surface area (Å²) in [5.74, 6) is 0.261. The molecule has 1 aromatic carbocycles. The van der Waals surface area contributed by atoms with Crippen molar-refractivity contribution in [1.82, 2.24) is 0 Å². The summed E-state index contributed by atoms with van der Waals surface area (Å²) in [5, 5.41) is 10.4. The van der Waals surface area contributed by atoms with Gasteiger partial charge >= 0.3 is 5.63 Å². The Morgan fingerprint density at radius 3 is 2.82 bits per heavy atom. The van der Waals surface area contributed by atoms with Gasteiger partial charge in [0.25, 0.3) is 0 Å². The van der Waals surface area contributed by atoms with E-state index in [0.29, 0.717) is 11.0 Å². The van der Waals surface area contributed by atoms with E-state index < -0.39 is 5.63 Å². The summed E-state index contributed by atoms with van der Waals surface area (Å²) in [6, 6.07) is 5.88. The van der Waals surface area contributed by atoms with Crippen molar-refractivity contribution in [3.05, 3.63) is 46.5 Å². The largest absolute Gasteiger partial charge is 0.504 e. The average molecular weight is 232 g/mol. The van der Waals surface area contributed by atoms with Gasteiger partial charge in [0.05, 0.1) is 6.26 Å². The van der Waals surface area contributed by atoms with Crippen LogP contribution in [0.5, 0.6) is 11.5 Å². The van der Waals surface area contributed by atoms with Gasteiger partial charge in [0.1, 0.15) is 5.58 Å². The third-order valence-electron chi connectivity index (χ3n) is 2.12. The lowest BCUT2D eigenvalue weighted by molar-refractivity contribution is 0.408. The van der Waals surface area contributed by atoms with Crippen LogP contribution in [0.3, 0.4) is 0 Å². The first-order valence-electron chi connectivity index (χ1n) is 5.13. The number of ether oxygens (including phenoxy) is 1. The summed E-state index contributed by atoms with van der Waals surface area (Å²) in [4.78, 5) is 11.1. The molecule has 2 rings (SSSR count). The highest BCUT2D eigenvalue weighted by Gasteiger charge is 2.06. The van der Waals surface area contributed by atoms with Crippen LogP contribution in [0.25, 0.3) is 11.0 Å². The minimum absolute atomic E-state index is 0.00356. The molecule has 0 saturated heterocycles. The molecule has 2 aromatic rings. The molecule has 0 unspecified atom stereocenters. The zero-order valence-electron chi connectivity index (χ0n) is 9.56. The summed E-state index contributed by atoms with van der Waals surface area (Å²) in [5.41, 5.74) is 0.905. The highest BCUT2D eigenvalue weighted by atomic mass is 16.5. The fraction of sp³-hybridized carbons (Fsp3) is 0.154. The number of aromatic hydroxyl groups is 1. The van der Waals surface area contributed by atoms with E-state index in [2.05, 4.69) is 0 Å². The molecule has 0 amide bonds. The summed E-state index contributed by atoms with van der Waals surface area (Å²) < 4.78 is 10.3. The molecule has 0 saturated carbocycles. The number of hydrogen-bond acceptors (Lipinski definition) is 4. The smallest absolute Gasteiger partial charge is 0.336 e. The van der Waals surface area contributed by atoms with Gasteiger partial charge in [0.2, 0.25) is 0 Å². The lowest BCUT2D eigenvalue weighted by Crippen LogP contribution is -1.94. The van der Waals surface area contributed by atoms with Gasteiger partial charge in [-0.2, -0.15) is 0 Å². The van der Waals surface area contributed by atoms with Crippen LogP contribution in [0.4, 0.5) is 0 Å². The van der Waals surface area contributed by atoms with Crippen molar-refractivity contribution in [3.63, 3.8) is 0 Å². The number of phenols is 1. The molecule has 0 bridgehead atoms. The summed E-state index contributed by atoms with van der Waals surface area (Å²) in [6.07, 6.45) is 1.52. The molecule has 0 aliphatic rings. The molecule has 1 N–H and O–H groups in total. The van der Waals surface area contributed by atoms with Gasteiger partial charge in [-0.1, -0.05) is 0 Å². The van der Waals surface area contributed by atoms with Gasteiger partial charge in [-0.3, -0.25) is 0 Å². The van der Waals surface area contributed by atoms with Crippen LogP contribution >= 0.6 is 0 Å². The second-order valence-electron chi connectivity index (χ2n) is 3.93. The van der Waals surface area contributed by atoms with Crippen LogP contribution in [0, 0.1) is 0 Å². The molecular formula is C13H12O4. The molecule has 0 fully saturated rings. The fourth-order valence-corrected chi connectivity index (χ4v) is 1.36. The zero-order valence-corrected chi connectivity index (χ0v) is 9.56. The molecule has 0 atom stereocenters. The summed E-state index contributed by atoms with van der Waals surface area (Å²) in [7, 11) is 0. The van der Waals surface area contributed by atoms with E-state index in [0.717, 1.165) is 5.57 Å². The molecule has 88 valence electrons.